The van der Waals surface area contributed by atoms with Crippen LogP contribution in [0, 0.1) is 12.7 Å². The Bertz CT molecular complexity index is 456. The molecule has 2 rings (SSSR count). The van der Waals surface area contributed by atoms with E-state index in [9.17, 15) is 9.18 Å². The van der Waals surface area contributed by atoms with Crippen LogP contribution in [-0.4, -0.2) is 23.6 Å². The van der Waals surface area contributed by atoms with Crippen molar-refractivity contribution in [1.29, 1.82) is 0 Å². The van der Waals surface area contributed by atoms with E-state index >= 15 is 0 Å². The molecule has 5 nitrogen and oxygen atoms in total. The number of nitrogens with one attached hydrogen (secondary N) is 1. The van der Waals surface area contributed by atoms with Crippen LogP contribution in [0.2, 0.25) is 0 Å². The van der Waals surface area contributed by atoms with Crippen molar-refractivity contribution in [3.05, 3.63) is 29.3 Å². The third kappa shape index (κ3) is 3.46. The predicted octanol–water partition coefficient (Wildman–Crippen LogP) is 0.549. The average molecular weight is 238 g/mol. The molecular formula is C11H11FN2O3. The van der Waals surface area contributed by atoms with Crippen LogP contribution in [0.4, 0.5) is 4.39 Å². The van der Waals surface area contributed by atoms with E-state index in [-0.39, 0.29) is 23.8 Å². The Kier molecular flexibility index (Phi) is 4.48. The van der Waals surface area contributed by atoms with E-state index in [1.54, 1.807) is 13.1 Å². The van der Waals surface area contributed by atoms with Crippen molar-refractivity contribution in [2.24, 2.45) is 0 Å². The van der Waals surface area contributed by atoms with Gasteiger partial charge in [-0.25, -0.2) is 4.39 Å². The van der Waals surface area contributed by atoms with Gasteiger partial charge in [-0.1, -0.05) is 0 Å². The molecule has 0 unspecified atom stereocenters. The van der Waals surface area contributed by atoms with E-state index in [4.69, 9.17) is 9.59 Å². The molecule has 1 N–H and O–H groups in total. The molecule has 17 heavy (non-hydrogen) atoms. The minimum atomic E-state index is -0.313. The van der Waals surface area contributed by atoms with Crippen molar-refractivity contribution in [3.63, 3.8) is 0 Å². The Balaban J connectivity index is 0.000000437. The lowest BCUT2D eigenvalue weighted by atomic mass is 10.0. The number of hydrogen-bond donors (Lipinski definition) is 1. The Morgan fingerprint density at radius 3 is 2.65 bits per heavy atom. The molecule has 0 aromatic carbocycles. The van der Waals surface area contributed by atoms with Gasteiger partial charge in [0.05, 0.1) is 5.69 Å². The minimum Gasteiger partial charge on any atom is -0.355 e. The largest absolute Gasteiger partial charge is 0.373 e. The molecule has 0 bridgehead atoms. The Labute approximate surface area is 97.0 Å². The number of aromatic nitrogens is 1. The first-order chi connectivity index (χ1) is 8.08. The van der Waals surface area contributed by atoms with E-state index in [1.807, 2.05) is 0 Å². The van der Waals surface area contributed by atoms with E-state index in [0.717, 1.165) is 5.56 Å². The Morgan fingerprint density at radius 1 is 1.53 bits per heavy atom. The highest BCUT2D eigenvalue weighted by Gasteiger charge is 2.26. The number of hydrogen-bond acceptors (Lipinski definition) is 4. The molecule has 1 aromatic rings. The number of halogens is 1. The fourth-order valence-electron chi connectivity index (χ4n) is 1.64. The maximum Gasteiger partial charge on any atom is 0.373 e. The third-order valence-corrected chi connectivity index (χ3v) is 2.37. The molecule has 1 fully saturated rings. The number of nitrogens with zero attached hydrogens (tertiary/aromatic N) is 1. The number of pyridine rings is 1. The first-order valence-corrected chi connectivity index (χ1v) is 4.96. The summed E-state index contributed by atoms with van der Waals surface area (Å²) in [5.41, 5.74) is 1.19. The number of carbonyl (C=O) groups is 1. The number of amides is 1. The van der Waals surface area contributed by atoms with Crippen LogP contribution in [0.3, 0.4) is 0 Å². The van der Waals surface area contributed by atoms with Crippen molar-refractivity contribution in [1.82, 2.24) is 10.3 Å². The van der Waals surface area contributed by atoms with Gasteiger partial charge in [-0.05, 0) is 18.6 Å². The zero-order valence-electron chi connectivity index (χ0n) is 9.20. The second-order valence-corrected chi connectivity index (χ2v) is 3.67. The molecule has 2 heterocycles. The van der Waals surface area contributed by atoms with Crippen molar-refractivity contribution >= 4 is 12.1 Å². The van der Waals surface area contributed by atoms with Crippen molar-refractivity contribution in [2.45, 2.75) is 19.3 Å². The monoisotopic (exact) mass is 238 g/mol. The Morgan fingerprint density at radius 2 is 2.18 bits per heavy atom. The zero-order valence-corrected chi connectivity index (χ0v) is 9.20. The molecule has 0 aliphatic carbocycles. The standard InChI is InChI=1S/C10H11FN2O.CO2/c1-6-2-8(11)10(13-4-6)7-3-9(14)12-5-7;2-1-3/h2,4,7H,3,5H2,1H3,(H,12,14);/t7-;/m0./s1. The van der Waals surface area contributed by atoms with Gasteiger partial charge in [-0.15, -0.1) is 0 Å². The minimum absolute atomic E-state index is 0.0308. The van der Waals surface area contributed by atoms with Gasteiger partial charge in [0.2, 0.25) is 5.91 Å². The number of aryl methyl sites for hydroxylation is 1. The van der Waals surface area contributed by atoms with Gasteiger partial charge < -0.3 is 5.32 Å². The molecule has 1 amide bonds. The summed E-state index contributed by atoms with van der Waals surface area (Å²) in [6.45, 7) is 2.28. The summed E-state index contributed by atoms with van der Waals surface area (Å²) in [4.78, 5) is 31.2. The van der Waals surface area contributed by atoms with Crippen LogP contribution in [0.25, 0.3) is 0 Å². The molecule has 6 heteroatoms. The van der Waals surface area contributed by atoms with Crippen LogP contribution in [0.1, 0.15) is 23.6 Å². The Hall–Kier alpha value is -2.07. The second kappa shape index (κ2) is 5.86. The lowest BCUT2D eigenvalue weighted by Gasteiger charge is -2.07. The summed E-state index contributed by atoms with van der Waals surface area (Å²) in [6, 6.07) is 1.45. The van der Waals surface area contributed by atoms with E-state index < -0.39 is 0 Å². The maximum absolute atomic E-state index is 13.4. The van der Waals surface area contributed by atoms with Crippen molar-refractivity contribution < 1.29 is 18.8 Å². The average Bonchev–Trinajstić information content (AvgIpc) is 2.66. The second-order valence-electron chi connectivity index (χ2n) is 3.67. The summed E-state index contributed by atoms with van der Waals surface area (Å²) in [7, 11) is 0. The van der Waals surface area contributed by atoms with E-state index in [2.05, 4.69) is 10.3 Å². The first kappa shape index (κ1) is 13.0. The van der Waals surface area contributed by atoms with Crippen molar-refractivity contribution in [3.8, 4) is 0 Å². The highest BCUT2D eigenvalue weighted by Crippen LogP contribution is 2.23. The molecule has 1 aromatic heterocycles. The molecular weight excluding hydrogens is 227 g/mol. The molecule has 0 spiro atoms. The molecule has 0 radical (unpaired) electrons. The molecule has 90 valence electrons. The highest BCUT2D eigenvalue weighted by atomic mass is 19.1. The summed E-state index contributed by atoms with van der Waals surface area (Å²) >= 11 is 0. The van der Waals surface area contributed by atoms with Gasteiger partial charge in [0.25, 0.3) is 0 Å². The quantitative estimate of drug-likeness (QED) is 0.775. The van der Waals surface area contributed by atoms with Gasteiger partial charge in [0.1, 0.15) is 5.82 Å². The number of rotatable bonds is 1. The van der Waals surface area contributed by atoms with Crippen LogP contribution < -0.4 is 5.32 Å². The number of carbonyl (C=O) groups excluding carboxylic acids is 3. The summed E-state index contributed by atoms with van der Waals surface area (Å²) in [5, 5.41) is 2.66. The van der Waals surface area contributed by atoms with Crippen LogP contribution in [0.5, 0.6) is 0 Å². The first-order valence-electron chi connectivity index (χ1n) is 4.96. The third-order valence-electron chi connectivity index (χ3n) is 2.37. The van der Waals surface area contributed by atoms with Crippen LogP contribution >= 0.6 is 0 Å². The van der Waals surface area contributed by atoms with Gasteiger partial charge in [-0.2, -0.15) is 9.59 Å². The fraction of sp³-hybridized carbons (Fsp3) is 0.364. The van der Waals surface area contributed by atoms with Gasteiger partial charge in [0.15, 0.2) is 0 Å². The maximum atomic E-state index is 13.4. The molecule has 1 aliphatic heterocycles. The fourth-order valence-corrected chi connectivity index (χ4v) is 1.64. The van der Waals surface area contributed by atoms with Crippen LogP contribution in [0.15, 0.2) is 12.3 Å². The highest BCUT2D eigenvalue weighted by molar-refractivity contribution is 5.79. The predicted molar refractivity (Wildman–Crippen MR) is 54.3 cm³/mol. The normalized spacial score (nSPS) is 17.8. The van der Waals surface area contributed by atoms with E-state index in [0.29, 0.717) is 18.7 Å². The zero-order chi connectivity index (χ0) is 12.8. The smallest absolute Gasteiger partial charge is 0.355 e. The SMILES string of the molecule is Cc1cnc([C@@H]2CNC(=O)C2)c(F)c1.O=C=O. The van der Waals surface area contributed by atoms with Crippen molar-refractivity contribution in [2.75, 3.05) is 6.54 Å². The van der Waals surface area contributed by atoms with Crippen LogP contribution in [-0.2, 0) is 14.4 Å². The molecule has 1 aliphatic rings. The molecule has 1 saturated heterocycles. The van der Waals surface area contributed by atoms with Gasteiger partial charge in [0, 0.05) is 25.1 Å². The van der Waals surface area contributed by atoms with E-state index in [1.165, 1.54) is 6.07 Å². The molecule has 0 saturated carbocycles. The lowest BCUT2D eigenvalue weighted by molar-refractivity contribution is -0.191. The topological polar surface area (TPSA) is 76.1 Å². The van der Waals surface area contributed by atoms with Gasteiger partial charge >= 0.3 is 6.15 Å². The summed E-state index contributed by atoms with van der Waals surface area (Å²) in [5.74, 6) is -0.452. The molecule has 1 atom stereocenters. The lowest BCUT2D eigenvalue weighted by Crippen LogP contribution is -2.14. The van der Waals surface area contributed by atoms with Gasteiger partial charge in [-0.3, -0.25) is 9.78 Å². The summed E-state index contributed by atoms with van der Waals surface area (Å²) < 4.78 is 13.4. The summed E-state index contributed by atoms with van der Waals surface area (Å²) in [6.07, 6.45) is 2.22.